The number of aliphatic imine (C=N–C) groups is 1. The van der Waals surface area contributed by atoms with Crippen LogP contribution in [0.2, 0.25) is 0 Å². The molecule has 0 radical (unpaired) electrons. The van der Waals surface area contributed by atoms with Gasteiger partial charge >= 0.3 is 313 Å². The van der Waals surface area contributed by atoms with Gasteiger partial charge in [-0.2, -0.15) is 0 Å². The number of hydrogen-bond acceptors (Lipinski definition) is 1. The molecule has 2 nitrogen and oxygen atoms in total. The van der Waals surface area contributed by atoms with Gasteiger partial charge in [0.25, 0.3) is 0 Å². The molecule has 3 heteroatoms. The number of nitrogens with zero attached hydrogens (tertiary/aromatic N) is 2. The van der Waals surface area contributed by atoms with E-state index in [0.29, 0.717) is 0 Å². The SMILES string of the molecule is CCCCCCCCCCCCCCCCCCC#CC(C(CCCCCC)=Nc1cc(CCCC)cc(CCCC)c1)=[N+]([Ni])c1cc(CCCC)cc(CCCC)c1. The van der Waals surface area contributed by atoms with E-state index in [2.05, 4.69) is 89.8 Å². The summed E-state index contributed by atoms with van der Waals surface area (Å²) in [6.07, 6.45) is 42.9. The molecular weight excluding hydrogens is 759 g/mol. The van der Waals surface area contributed by atoms with Crippen molar-refractivity contribution in [2.24, 2.45) is 4.99 Å². The van der Waals surface area contributed by atoms with Gasteiger partial charge in [-0.1, -0.05) is 64.7 Å². The molecule has 0 spiro atoms. The molecule has 335 valence electrons. The Morgan fingerprint density at radius 1 is 0.441 bits per heavy atom. The Bertz CT molecular complexity index is 1420. The summed E-state index contributed by atoms with van der Waals surface area (Å²) >= 11 is 6.04. The van der Waals surface area contributed by atoms with Crippen molar-refractivity contribution < 1.29 is 19.3 Å². The minimum atomic E-state index is 0.907. The molecule has 0 aliphatic rings. The standard InChI is InChI=1S/C56H92N2.Ni/c1-7-13-19-21-22-23-24-25-26-27-28-29-30-31-32-33-34-36-42-56(58-54-47-51(39-17-11-5)44-52(48-54)40-18-12-6)55(41-35-20-14-8-2)57-53-45-49(37-15-9-3)43-50(46-53)38-16-10-4;/h43-48H,7-35,37-41H2,1-6H3;/q;+1. The molecule has 0 amide bonds. The minimum absolute atomic E-state index is 0.907. The van der Waals surface area contributed by atoms with Crippen LogP contribution in [0.15, 0.2) is 41.4 Å². The van der Waals surface area contributed by atoms with Crippen molar-refractivity contribution in [3.63, 3.8) is 0 Å². The molecule has 2 aromatic rings. The maximum absolute atomic E-state index is 6.04. The zero-order chi connectivity index (χ0) is 42.6. The van der Waals surface area contributed by atoms with E-state index < -0.39 is 0 Å². The molecule has 0 fully saturated rings. The second kappa shape index (κ2) is 36.5. The molecule has 2 rings (SSSR count). The molecule has 0 atom stereocenters. The van der Waals surface area contributed by atoms with Crippen LogP contribution in [0.25, 0.3) is 0 Å². The van der Waals surface area contributed by atoms with Gasteiger partial charge in [0.05, 0.1) is 0 Å². The number of unbranched alkanes of at least 4 members (excludes halogenated alkanes) is 23. The van der Waals surface area contributed by atoms with E-state index in [4.69, 9.17) is 20.7 Å². The second-order valence-corrected chi connectivity index (χ2v) is 18.2. The number of benzene rings is 2. The van der Waals surface area contributed by atoms with Crippen molar-refractivity contribution in [1.82, 2.24) is 0 Å². The van der Waals surface area contributed by atoms with Crippen molar-refractivity contribution in [2.45, 2.75) is 260 Å². The summed E-state index contributed by atoms with van der Waals surface area (Å²) in [5.74, 6) is 7.38. The van der Waals surface area contributed by atoms with Crippen LogP contribution in [0.4, 0.5) is 11.4 Å². The van der Waals surface area contributed by atoms with Gasteiger partial charge in [-0.25, -0.2) is 0 Å². The van der Waals surface area contributed by atoms with Crippen LogP contribution < -0.4 is 0 Å². The third-order valence-electron chi connectivity index (χ3n) is 11.9. The van der Waals surface area contributed by atoms with Crippen LogP contribution in [-0.4, -0.2) is 15.1 Å². The van der Waals surface area contributed by atoms with Crippen molar-refractivity contribution in [1.29, 1.82) is 0 Å². The van der Waals surface area contributed by atoms with Crippen LogP contribution in [0.5, 0.6) is 0 Å². The number of hydrogen-bond donors (Lipinski definition) is 0. The second-order valence-electron chi connectivity index (χ2n) is 17.8. The Labute approximate surface area is 375 Å². The molecule has 0 aliphatic carbocycles. The molecule has 59 heavy (non-hydrogen) atoms. The summed E-state index contributed by atoms with van der Waals surface area (Å²) in [6, 6.07) is 14.3. The van der Waals surface area contributed by atoms with Gasteiger partial charge in [-0.3, -0.25) is 0 Å². The van der Waals surface area contributed by atoms with Gasteiger partial charge in [-0.05, 0) is 0 Å². The summed E-state index contributed by atoms with van der Waals surface area (Å²) < 4.78 is 2.04. The van der Waals surface area contributed by atoms with E-state index in [9.17, 15) is 0 Å². The van der Waals surface area contributed by atoms with E-state index in [1.807, 2.05) is 3.66 Å². The number of rotatable bonds is 36. The Kier molecular flexibility index (Phi) is 32.8. The van der Waals surface area contributed by atoms with Gasteiger partial charge in [0.2, 0.25) is 0 Å². The Morgan fingerprint density at radius 3 is 1.20 bits per heavy atom. The molecule has 0 saturated carbocycles. The van der Waals surface area contributed by atoms with Crippen molar-refractivity contribution in [2.75, 3.05) is 0 Å². The summed E-state index contributed by atoms with van der Waals surface area (Å²) in [6.45, 7) is 13.8. The van der Waals surface area contributed by atoms with Crippen molar-refractivity contribution in [3.8, 4) is 11.8 Å². The zero-order valence-electron chi connectivity index (χ0n) is 39.7. The fourth-order valence-corrected chi connectivity index (χ4v) is 8.43. The quantitative estimate of drug-likeness (QED) is 0.0281. The number of aryl methyl sites for hydroxylation is 4. The fraction of sp³-hybridized carbons (Fsp3) is 0.714. The van der Waals surface area contributed by atoms with E-state index in [0.717, 1.165) is 74.2 Å². The topological polar surface area (TPSA) is 15.4 Å². The molecule has 0 bridgehead atoms. The van der Waals surface area contributed by atoms with Crippen LogP contribution in [-0.2, 0) is 41.4 Å². The van der Waals surface area contributed by atoms with Gasteiger partial charge in [-0.15, -0.1) is 0 Å². The van der Waals surface area contributed by atoms with E-state index >= 15 is 0 Å². The maximum atomic E-state index is 6.04. The Hall–Kier alpha value is -2.17. The Balaban J connectivity index is 2.33. The summed E-state index contributed by atoms with van der Waals surface area (Å²) in [7, 11) is 0. The molecule has 0 heterocycles. The van der Waals surface area contributed by atoms with Crippen LogP contribution in [0.1, 0.15) is 256 Å². The predicted octanol–water partition coefficient (Wildman–Crippen LogP) is 18.0. The first-order valence-corrected chi connectivity index (χ1v) is 26.1. The molecular formula is C56H92N2Ni+. The fourth-order valence-electron chi connectivity index (χ4n) is 8.12. The first-order chi connectivity index (χ1) is 29.0. The van der Waals surface area contributed by atoms with Crippen molar-refractivity contribution >= 4 is 22.8 Å². The first kappa shape index (κ1) is 53.0. The molecule has 0 aromatic heterocycles. The summed E-state index contributed by atoms with van der Waals surface area (Å²) in [5.41, 5.74) is 9.87. The third-order valence-corrected chi connectivity index (χ3v) is 12.4. The van der Waals surface area contributed by atoms with Gasteiger partial charge in [0.15, 0.2) is 0 Å². The molecule has 0 N–H and O–H groups in total. The summed E-state index contributed by atoms with van der Waals surface area (Å²) in [4.78, 5) is 5.56. The van der Waals surface area contributed by atoms with Crippen LogP contribution in [0, 0.1) is 11.8 Å². The van der Waals surface area contributed by atoms with Gasteiger partial charge in [0, 0.05) is 0 Å². The van der Waals surface area contributed by atoms with E-state index in [1.165, 1.54) is 189 Å². The zero-order valence-corrected chi connectivity index (χ0v) is 40.7. The van der Waals surface area contributed by atoms with Crippen molar-refractivity contribution in [3.05, 3.63) is 58.7 Å². The van der Waals surface area contributed by atoms with Crippen LogP contribution in [0.3, 0.4) is 0 Å². The third kappa shape index (κ3) is 25.4. The average molecular weight is 852 g/mol. The van der Waals surface area contributed by atoms with Crippen LogP contribution >= 0.6 is 0 Å². The van der Waals surface area contributed by atoms with Gasteiger partial charge < -0.3 is 0 Å². The predicted molar refractivity (Wildman–Crippen MR) is 260 cm³/mol. The monoisotopic (exact) mass is 851 g/mol. The normalized spacial score (nSPS) is 12.2. The van der Waals surface area contributed by atoms with E-state index in [-0.39, 0.29) is 0 Å². The molecule has 0 aliphatic heterocycles. The Morgan fingerprint density at radius 2 is 0.797 bits per heavy atom. The molecule has 0 unspecified atom stereocenters. The van der Waals surface area contributed by atoms with Gasteiger partial charge in [0.1, 0.15) is 0 Å². The first-order valence-electron chi connectivity index (χ1n) is 25.6. The molecule has 0 saturated heterocycles. The summed E-state index contributed by atoms with van der Waals surface area (Å²) in [5, 5.41) is 0. The average Bonchev–Trinajstić information content (AvgIpc) is 3.25. The molecule has 2 aromatic carbocycles. The van der Waals surface area contributed by atoms with E-state index in [1.54, 1.807) is 0 Å².